The van der Waals surface area contributed by atoms with Gasteiger partial charge in [0.2, 0.25) is 0 Å². The smallest absolute Gasteiger partial charge is 0.138 e. The van der Waals surface area contributed by atoms with Crippen LogP contribution in [0.3, 0.4) is 0 Å². The van der Waals surface area contributed by atoms with E-state index in [0.29, 0.717) is 12.3 Å². The van der Waals surface area contributed by atoms with Crippen LogP contribution in [0.25, 0.3) is 5.69 Å². The molecule has 3 rings (SSSR count). The Labute approximate surface area is 129 Å². The van der Waals surface area contributed by atoms with E-state index in [4.69, 9.17) is 0 Å². The zero-order valence-corrected chi connectivity index (χ0v) is 12.3. The fourth-order valence-corrected chi connectivity index (χ4v) is 2.30. The number of rotatable bonds is 5. The van der Waals surface area contributed by atoms with Gasteiger partial charge in [0.05, 0.1) is 5.69 Å². The molecule has 0 radical (unpaired) electrons. The van der Waals surface area contributed by atoms with Gasteiger partial charge in [0.1, 0.15) is 18.4 Å². The minimum atomic E-state index is 0.185. The second kappa shape index (κ2) is 6.41. The van der Waals surface area contributed by atoms with Crippen molar-refractivity contribution in [1.82, 2.24) is 20.1 Å². The molecule has 0 saturated carbocycles. The molecule has 1 aromatic heterocycles. The van der Waals surface area contributed by atoms with E-state index in [-0.39, 0.29) is 6.04 Å². The Morgan fingerprint density at radius 2 is 1.91 bits per heavy atom. The first-order valence-electron chi connectivity index (χ1n) is 7.19. The van der Waals surface area contributed by atoms with Gasteiger partial charge in [0, 0.05) is 18.2 Å². The van der Waals surface area contributed by atoms with Gasteiger partial charge >= 0.3 is 0 Å². The number of aromatic nitrogens is 3. The summed E-state index contributed by atoms with van der Waals surface area (Å²) in [6, 6.07) is 15.7. The van der Waals surface area contributed by atoms with Gasteiger partial charge in [-0.2, -0.15) is 5.10 Å². The molecule has 22 heavy (non-hydrogen) atoms. The first-order chi connectivity index (χ1) is 10.7. The molecule has 0 spiro atoms. The molecular formula is C17H18N4O. The van der Waals surface area contributed by atoms with E-state index in [9.17, 15) is 5.11 Å². The Hall–Kier alpha value is -2.66. The Morgan fingerprint density at radius 3 is 2.59 bits per heavy atom. The molecule has 0 fully saturated rings. The third-order valence-corrected chi connectivity index (χ3v) is 3.67. The van der Waals surface area contributed by atoms with E-state index in [1.165, 1.54) is 11.9 Å². The first kappa shape index (κ1) is 14.3. The topological polar surface area (TPSA) is 63.0 Å². The molecule has 2 N–H and O–H groups in total. The number of hydrogen-bond donors (Lipinski definition) is 2. The number of phenolic OH excluding ortho intramolecular Hbond substituents is 1. The average molecular weight is 294 g/mol. The predicted octanol–water partition coefficient (Wildman–Crippen LogP) is 2.82. The van der Waals surface area contributed by atoms with Gasteiger partial charge in [-0.15, -0.1) is 0 Å². The van der Waals surface area contributed by atoms with Crippen molar-refractivity contribution >= 4 is 0 Å². The third-order valence-electron chi connectivity index (χ3n) is 3.67. The maximum absolute atomic E-state index is 9.78. The molecule has 5 nitrogen and oxygen atoms in total. The van der Waals surface area contributed by atoms with Crippen LogP contribution in [-0.2, 0) is 6.54 Å². The zero-order chi connectivity index (χ0) is 15.4. The van der Waals surface area contributed by atoms with Crippen molar-refractivity contribution in [2.45, 2.75) is 19.5 Å². The summed E-state index contributed by atoms with van der Waals surface area (Å²) in [4.78, 5) is 3.94. The molecule has 2 aromatic carbocycles. The lowest BCUT2D eigenvalue weighted by Crippen LogP contribution is -2.18. The number of aromatic hydroxyl groups is 1. The quantitative estimate of drug-likeness (QED) is 0.759. The van der Waals surface area contributed by atoms with Crippen molar-refractivity contribution in [3.05, 3.63) is 72.3 Å². The van der Waals surface area contributed by atoms with Gasteiger partial charge in [-0.25, -0.2) is 9.67 Å². The van der Waals surface area contributed by atoms with Crippen molar-refractivity contribution in [1.29, 1.82) is 0 Å². The first-order valence-corrected chi connectivity index (χ1v) is 7.19. The van der Waals surface area contributed by atoms with Crippen LogP contribution in [0.5, 0.6) is 5.75 Å². The highest BCUT2D eigenvalue weighted by molar-refractivity contribution is 5.35. The molecule has 0 saturated heterocycles. The maximum Gasteiger partial charge on any atom is 0.138 e. The third kappa shape index (κ3) is 3.15. The molecule has 0 amide bonds. The Kier molecular flexibility index (Phi) is 4.16. The normalized spacial score (nSPS) is 12.2. The van der Waals surface area contributed by atoms with Crippen LogP contribution in [0.4, 0.5) is 0 Å². The summed E-state index contributed by atoms with van der Waals surface area (Å²) < 4.78 is 1.73. The lowest BCUT2D eigenvalue weighted by Gasteiger charge is -2.15. The predicted molar refractivity (Wildman–Crippen MR) is 84.7 cm³/mol. The average Bonchev–Trinajstić information content (AvgIpc) is 3.08. The van der Waals surface area contributed by atoms with Gasteiger partial charge in [-0.1, -0.05) is 30.3 Å². The maximum atomic E-state index is 9.78. The second-order valence-corrected chi connectivity index (χ2v) is 5.16. The highest BCUT2D eigenvalue weighted by atomic mass is 16.3. The van der Waals surface area contributed by atoms with Crippen molar-refractivity contribution < 1.29 is 5.11 Å². The van der Waals surface area contributed by atoms with E-state index >= 15 is 0 Å². The lowest BCUT2D eigenvalue weighted by atomic mass is 10.1. The number of para-hydroxylation sites is 1. The zero-order valence-electron chi connectivity index (χ0n) is 12.3. The monoisotopic (exact) mass is 294 g/mol. The molecule has 112 valence electrons. The van der Waals surface area contributed by atoms with Crippen LogP contribution in [0.15, 0.2) is 61.2 Å². The molecule has 1 heterocycles. The van der Waals surface area contributed by atoms with Crippen molar-refractivity contribution in [2.24, 2.45) is 0 Å². The standard InChI is InChI=1S/C17H18N4O/c1-13(19-10-15-4-2-3-5-17(15)22)14-6-8-16(9-7-14)21-12-18-11-20-21/h2-9,11-13,19,22H,10H2,1H3. The van der Waals surface area contributed by atoms with Gasteiger partial charge in [-0.3, -0.25) is 0 Å². The van der Waals surface area contributed by atoms with Crippen LogP contribution < -0.4 is 5.32 Å². The molecule has 1 unspecified atom stereocenters. The molecule has 0 aliphatic rings. The van der Waals surface area contributed by atoms with Crippen LogP contribution in [-0.4, -0.2) is 19.9 Å². The SMILES string of the molecule is CC(NCc1ccccc1O)c1ccc(-n2cncn2)cc1. The summed E-state index contributed by atoms with van der Waals surface area (Å²) in [5.74, 6) is 0.323. The van der Waals surface area contributed by atoms with E-state index in [1.54, 1.807) is 17.1 Å². The Bertz CT molecular complexity index is 723. The summed E-state index contributed by atoms with van der Waals surface area (Å²) in [5.41, 5.74) is 3.06. The summed E-state index contributed by atoms with van der Waals surface area (Å²) in [6.45, 7) is 2.73. The van der Waals surface area contributed by atoms with E-state index < -0.39 is 0 Å². The molecule has 5 heteroatoms. The minimum Gasteiger partial charge on any atom is -0.508 e. The number of hydrogen-bond acceptors (Lipinski definition) is 4. The molecule has 3 aromatic rings. The fraction of sp³-hybridized carbons (Fsp3) is 0.176. The van der Waals surface area contributed by atoms with Gasteiger partial charge in [0.25, 0.3) is 0 Å². The van der Waals surface area contributed by atoms with Crippen LogP contribution in [0.1, 0.15) is 24.1 Å². The highest BCUT2D eigenvalue weighted by Gasteiger charge is 2.07. The molecule has 1 atom stereocenters. The highest BCUT2D eigenvalue weighted by Crippen LogP contribution is 2.19. The summed E-state index contributed by atoms with van der Waals surface area (Å²) in [5, 5.41) is 17.3. The Morgan fingerprint density at radius 1 is 1.14 bits per heavy atom. The van der Waals surface area contributed by atoms with Gasteiger partial charge in [-0.05, 0) is 30.7 Å². The summed E-state index contributed by atoms with van der Waals surface area (Å²) in [6.07, 6.45) is 3.19. The van der Waals surface area contributed by atoms with Gasteiger partial charge < -0.3 is 10.4 Å². The van der Waals surface area contributed by atoms with Gasteiger partial charge in [0.15, 0.2) is 0 Å². The van der Waals surface area contributed by atoms with Crippen LogP contribution in [0.2, 0.25) is 0 Å². The van der Waals surface area contributed by atoms with Crippen LogP contribution in [0, 0.1) is 0 Å². The van der Waals surface area contributed by atoms with Crippen molar-refractivity contribution in [3.8, 4) is 11.4 Å². The minimum absolute atomic E-state index is 0.185. The number of benzene rings is 2. The second-order valence-electron chi connectivity index (χ2n) is 5.16. The van der Waals surface area contributed by atoms with Crippen molar-refractivity contribution in [2.75, 3.05) is 0 Å². The van der Waals surface area contributed by atoms with Crippen molar-refractivity contribution in [3.63, 3.8) is 0 Å². The Balaban J connectivity index is 1.65. The molecule has 0 aliphatic carbocycles. The fourth-order valence-electron chi connectivity index (χ4n) is 2.30. The molecular weight excluding hydrogens is 276 g/mol. The molecule has 0 bridgehead atoms. The van der Waals surface area contributed by atoms with E-state index in [0.717, 1.165) is 11.3 Å². The van der Waals surface area contributed by atoms with E-state index in [2.05, 4.69) is 34.5 Å². The van der Waals surface area contributed by atoms with E-state index in [1.807, 2.05) is 30.3 Å². The summed E-state index contributed by atoms with van der Waals surface area (Å²) in [7, 11) is 0. The largest absolute Gasteiger partial charge is 0.508 e. The van der Waals surface area contributed by atoms with Crippen LogP contribution >= 0.6 is 0 Å². The number of nitrogens with zero attached hydrogens (tertiary/aromatic N) is 3. The summed E-state index contributed by atoms with van der Waals surface area (Å²) >= 11 is 0. The number of nitrogens with one attached hydrogen (secondary N) is 1. The lowest BCUT2D eigenvalue weighted by molar-refractivity contribution is 0.460. The number of phenols is 1. The molecule has 0 aliphatic heterocycles.